The fraction of sp³-hybridized carbons (Fsp3) is 0.250. The molecule has 1 N–H and O–H groups in total. The maximum absolute atomic E-state index is 8.81. The zero-order chi connectivity index (χ0) is 15.5. The molecule has 0 saturated carbocycles. The van der Waals surface area contributed by atoms with Crippen LogP contribution in [0.3, 0.4) is 0 Å². The first-order valence-corrected chi connectivity index (χ1v) is 8.10. The molecule has 5 heteroatoms. The molecular formula is C16H16BrN3S. The number of hydrogen-bond donors (Lipinski definition) is 1. The average molecular weight is 362 g/mol. The van der Waals surface area contributed by atoms with Gasteiger partial charge >= 0.3 is 0 Å². The Bertz CT molecular complexity index is 669. The zero-order valence-corrected chi connectivity index (χ0v) is 14.5. The monoisotopic (exact) mass is 361 g/mol. The highest BCUT2D eigenvalue weighted by molar-refractivity contribution is 9.10. The number of anilines is 2. The van der Waals surface area contributed by atoms with E-state index in [9.17, 15) is 0 Å². The van der Waals surface area contributed by atoms with Crippen molar-refractivity contribution in [2.45, 2.75) is 30.4 Å². The summed E-state index contributed by atoms with van der Waals surface area (Å²) in [4.78, 5) is 5.42. The van der Waals surface area contributed by atoms with Crippen LogP contribution in [0.25, 0.3) is 0 Å². The number of aromatic nitrogens is 1. The van der Waals surface area contributed by atoms with Crippen molar-refractivity contribution in [3.05, 3.63) is 46.6 Å². The van der Waals surface area contributed by atoms with E-state index in [1.807, 2.05) is 18.2 Å². The summed E-state index contributed by atoms with van der Waals surface area (Å²) in [5.41, 5.74) is 1.56. The van der Waals surface area contributed by atoms with Gasteiger partial charge in [-0.2, -0.15) is 5.26 Å². The van der Waals surface area contributed by atoms with Gasteiger partial charge in [-0.1, -0.05) is 36.7 Å². The van der Waals surface area contributed by atoms with E-state index in [0.29, 0.717) is 5.56 Å². The first-order valence-electron chi connectivity index (χ1n) is 6.49. The third-order valence-electron chi connectivity index (χ3n) is 2.51. The molecular weight excluding hydrogens is 346 g/mol. The van der Waals surface area contributed by atoms with Gasteiger partial charge < -0.3 is 5.32 Å². The first-order chi connectivity index (χ1) is 9.87. The lowest BCUT2D eigenvalue weighted by molar-refractivity contribution is 0.803. The third kappa shape index (κ3) is 4.76. The van der Waals surface area contributed by atoms with E-state index in [0.717, 1.165) is 20.9 Å². The van der Waals surface area contributed by atoms with Gasteiger partial charge in [-0.25, -0.2) is 4.98 Å². The SMILES string of the molecule is CC(C)(C)Sc1ccc(Br)cc1Nc1ccc(C#N)cn1. The van der Waals surface area contributed by atoms with E-state index in [4.69, 9.17) is 5.26 Å². The molecule has 0 atom stereocenters. The molecule has 2 rings (SSSR count). The molecule has 0 bridgehead atoms. The number of hydrogen-bond acceptors (Lipinski definition) is 4. The van der Waals surface area contributed by atoms with Crippen LogP contribution in [0.1, 0.15) is 26.3 Å². The molecule has 1 aromatic carbocycles. The lowest BCUT2D eigenvalue weighted by Gasteiger charge is -2.20. The Balaban J connectivity index is 2.29. The zero-order valence-electron chi connectivity index (χ0n) is 12.1. The molecule has 0 aliphatic rings. The van der Waals surface area contributed by atoms with Crippen LogP contribution in [-0.2, 0) is 0 Å². The van der Waals surface area contributed by atoms with E-state index in [1.54, 1.807) is 24.0 Å². The topological polar surface area (TPSA) is 48.7 Å². The number of pyridine rings is 1. The summed E-state index contributed by atoms with van der Waals surface area (Å²) in [6.07, 6.45) is 1.57. The molecule has 0 fully saturated rings. The summed E-state index contributed by atoms with van der Waals surface area (Å²) in [6, 6.07) is 11.8. The Morgan fingerprint density at radius 2 is 2.00 bits per heavy atom. The lowest BCUT2D eigenvalue weighted by atomic mass is 10.2. The van der Waals surface area contributed by atoms with Gasteiger partial charge in [-0.3, -0.25) is 0 Å². The molecule has 1 aromatic heterocycles. The molecule has 0 unspecified atom stereocenters. The molecule has 108 valence electrons. The van der Waals surface area contributed by atoms with Crippen LogP contribution < -0.4 is 5.32 Å². The molecule has 0 radical (unpaired) electrons. The minimum absolute atomic E-state index is 0.127. The maximum Gasteiger partial charge on any atom is 0.130 e. The minimum Gasteiger partial charge on any atom is -0.339 e. The molecule has 0 spiro atoms. The fourth-order valence-corrected chi connectivity index (χ4v) is 3.07. The minimum atomic E-state index is 0.127. The Kier molecular flexibility index (Phi) is 4.92. The van der Waals surface area contributed by atoms with Gasteiger partial charge in [0.25, 0.3) is 0 Å². The highest BCUT2D eigenvalue weighted by atomic mass is 79.9. The third-order valence-corrected chi connectivity index (χ3v) is 4.19. The van der Waals surface area contributed by atoms with Gasteiger partial charge in [0.2, 0.25) is 0 Å². The molecule has 1 heterocycles. The van der Waals surface area contributed by atoms with Crippen molar-refractivity contribution in [1.82, 2.24) is 4.98 Å². The smallest absolute Gasteiger partial charge is 0.130 e. The second-order valence-electron chi connectivity index (χ2n) is 5.52. The number of benzene rings is 1. The summed E-state index contributed by atoms with van der Waals surface area (Å²) < 4.78 is 1.14. The summed E-state index contributed by atoms with van der Waals surface area (Å²) >= 11 is 5.30. The second kappa shape index (κ2) is 6.50. The first kappa shape index (κ1) is 15.9. The van der Waals surface area contributed by atoms with Crippen molar-refractivity contribution in [3.63, 3.8) is 0 Å². The predicted octanol–water partition coefficient (Wildman–Crippen LogP) is 5.35. The molecule has 0 saturated heterocycles. The molecule has 2 aromatic rings. The lowest BCUT2D eigenvalue weighted by Crippen LogP contribution is -2.07. The highest BCUT2D eigenvalue weighted by Gasteiger charge is 2.15. The number of halogens is 1. The number of nitriles is 1. The van der Waals surface area contributed by atoms with Gasteiger partial charge in [0.15, 0.2) is 0 Å². The predicted molar refractivity (Wildman–Crippen MR) is 92.0 cm³/mol. The van der Waals surface area contributed by atoms with Crippen LogP contribution in [0.4, 0.5) is 11.5 Å². The summed E-state index contributed by atoms with van der Waals surface area (Å²) in [5.74, 6) is 0.725. The van der Waals surface area contributed by atoms with Crippen LogP contribution in [0.5, 0.6) is 0 Å². The molecule has 0 amide bonds. The van der Waals surface area contributed by atoms with Gasteiger partial charge in [0, 0.05) is 20.3 Å². The Hall–Kier alpha value is -1.51. The number of nitrogens with zero attached hydrogens (tertiary/aromatic N) is 2. The van der Waals surface area contributed by atoms with Crippen LogP contribution in [0.15, 0.2) is 45.9 Å². The molecule has 3 nitrogen and oxygen atoms in total. The molecule has 21 heavy (non-hydrogen) atoms. The van der Waals surface area contributed by atoms with E-state index >= 15 is 0 Å². The van der Waals surface area contributed by atoms with Crippen molar-refractivity contribution in [3.8, 4) is 6.07 Å². The van der Waals surface area contributed by atoms with Gasteiger partial charge in [-0.15, -0.1) is 11.8 Å². The van der Waals surface area contributed by atoms with E-state index < -0.39 is 0 Å². The Morgan fingerprint density at radius 1 is 1.24 bits per heavy atom. The standard InChI is InChI=1S/C16H16BrN3S/c1-16(2,3)21-14-6-5-12(17)8-13(14)20-15-7-4-11(9-18)10-19-15/h4-8,10H,1-3H3,(H,19,20). The van der Waals surface area contributed by atoms with Crippen LogP contribution >= 0.6 is 27.7 Å². The van der Waals surface area contributed by atoms with Gasteiger partial charge in [0.05, 0.1) is 11.3 Å². The van der Waals surface area contributed by atoms with Gasteiger partial charge in [-0.05, 0) is 30.3 Å². The van der Waals surface area contributed by atoms with Gasteiger partial charge in [0.1, 0.15) is 11.9 Å². The van der Waals surface area contributed by atoms with Crippen molar-refractivity contribution < 1.29 is 0 Å². The van der Waals surface area contributed by atoms with Crippen molar-refractivity contribution in [2.75, 3.05) is 5.32 Å². The Morgan fingerprint density at radius 3 is 2.57 bits per heavy atom. The number of rotatable bonds is 3. The number of nitrogens with one attached hydrogen (secondary N) is 1. The van der Waals surface area contributed by atoms with Crippen molar-refractivity contribution in [1.29, 1.82) is 5.26 Å². The fourth-order valence-electron chi connectivity index (χ4n) is 1.69. The Labute approximate surface area is 137 Å². The van der Waals surface area contributed by atoms with E-state index in [1.165, 1.54) is 0 Å². The largest absolute Gasteiger partial charge is 0.339 e. The van der Waals surface area contributed by atoms with Crippen LogP contribution in [0, 0.1) is 11.3 Å². The summed E-state index contributed by atoms with van der Waals surface area (Å²) in [7, 11) is 0. The summed E-state index contributed by atoms with van der Waals surface area (Å²) in [6.45, 7) is 6.55. The van der Waals surface area contributed by atoms with Crippen molar-refractivity contribution >= 4 is 39.2 Å². The highest BCUT2D eigenvalue weighted by Crippen LogP contribution is 2.38. The van der Waals surface area contributed by atoms with Crippen LogP contribution in [0.2, 0.25) is 0 Å². The normalized spacial score (nSPS) is 11.0. The number of thioether (sulfide) groups is 1. The molecule has 0 aliphatic heterocycles. The quantitative estimate of drug-likeness (QED) is 0.748. The van der Waals surface area contributed by atoms with Crippen molar-refractivity contribution in [2.24, 2.45) is 0 Å². The summed E-state index contributed by atoms with van der Waals surface area (Å²) in [5, 5.41) is 12.1. The second-order valence-corrected chi connectivity index (χ2v) is 8.31. The van der Waals surface area contributed by atoms with E-state index in [-0.39, 0.29) is 4.75 Å². The maximum atomic E-state index is 8.81. The molecule has 0 aliphatic carbocycles. The van der Waals surface area contributed by atoms with E-state index in [2.05, 4.69) is 59.1 Å². The average Bonchev–Trinajstić information content (AvgIpc) is 2.41. The van der Waals surface area contributed by atoms with Crippen LogP contribution in [-0.4, -0.2) is 9.73 Å².